The number of rotatable bonds is 1. The molecule has 1 rings (SSSR count). The summed E-state index contributed by atoms with van der Waals surface area (Å²) >= 11 is 0. The molecule has 0 heterocycles. The van der Waals surface area contributed by atoms with E-state index in [0.29, 0.717) is 0 Å². The molecule has 0 saturated heterocycles. The van der Waals surface area contributed by atoms with Gasteiger partial charge in [-0.05, 0) is 30.2 Å². The van der Waals surface area contributed by atoms with Crippen molar-refractivity contribution in [2.75, 3.05) is 0 Å². The summed E-state index contributed by atoms with van der Waals surface area (Å²) in [5.41, 5.74) is 1.21. The van der Waals surface area contributed by atoms with Gasteiger partial charge in [-0.25, -0.2) is 0 Å². The molecular formula is C6H9N. The minimum absolute atomic E-state index is 0.734. The predicted molar refractivity (Wildman–Crippen MR) is 29.6 cm³/mol. The number of allylic oxidation sites excluding steroid dienone is 1. The highest BCUT2D eigenvalue weighted by atomic mass is 14.4. The maximum absolute atomic E-state index is 6.67. The Morgan fingerprint density at radius 3 is 2.86 bits per heavy atom. The van der Waals surface area contributed by atoms with Crippen molar-refractivity contribution in [2.24, 2.45) is 5.92 Å². The summed E-state index contributed by atoms with van der Waals surface area (Å²) in [4.78, 5) is 0. The maximum atomic E-state index is 6.67. The Bertz CT molecular complexity index is 120. The summed E-state index contributed by atoms with van der Waals surface area (Å²) in [5.74, 6) is 3.14. The highest BCUT2D eigenvalue weighted by Gasteiger charge is 2.27. The van der Waals surface area contributed by atoms with E-state index < -0.39 is 0 Å². The molecule has 7 heavy (non-hydrogen) atoms. The predicted octanol–water partition coefficient (Wildman–Crippen LogP) is 1.59. The summed E-state index contributed by atoms with van der Waals surface area (Å²) in [6, 6.07) is 0. The Labute approximate surface area is 43.6 Å². The Morgan fingerprint density at radius 1 is 2.00 bits per heavy atom. The largest absolute Gasteiger partial charge is 0.259 e. The van der Waals surface area contributed by atoms with E-state index in [1.165, 1.54) is 12.0 Å². The fraction of sp³-hybridized carbons (Fsp3) is 0.667. The molecule has 0 aromatic heterocycles. The maximum Gasteiger partial charge on any atom is -0.00541 e. The van der Waals surface area contributed by atoms with Gasteiger partial charge in [0.25, 0.3) is 0 Å². The molecule has 1 fully saturated rings. The first-order chi connectivity index (χ1) is 3.38. The topological polar surface area (TPSA) is 23.9 Å². The zero-order valence-electron chi connectivity index (χ0n) is 4.49. The molecule has 0 aliphatic heterocycles. The Balaban J connectivity index is 2.45. The van der Waals surface area contributed by atoms with E-state index in [9.17, 15) is 0 Å². The van der Waals surface area contributed by atoms with E-state index in [1.54, 1.807) is 0 Å². The van der Waals surface area contributed by atoms with E-state index in [4.69, 9.17) is 5.41 Å². The minimum Gasteiger partial charge on any atom is -0.259 e. The van der Waals surface area contributed by atoms with Gasteiger partial charge in [0.05, 0.1) is 0 Å². The molecule has 0 aromatic carbocycles. The van der Waals surface area contributed by atoms with Crippen LogP contribution >= 0.6 is 0 Å². The van der Waals surface area contributed by atoms with Crippen LogP contribution in [0.4, 0.5) is 0 Å². The molecule has 1 N–H and O–H groups in total. The van der Waals surface area contributed by atoms with Gasteiger partial charge in [0.2, 0.25) is 0 Å². The highest BCUT2D eigenvalue weighted by molar-refractivity contribution is 5.61. The molecule has 1 aliphatic rings. The van der Waals surface area contributed by atoms with Crippen LogP contribution in [0.1, 0.15) is 19.8 Å². The van der Waals surface area contributed by atoms with Crippen LogP contribution in [0.3, 0.4) is 0 Å². The molecule has 0 aromatic rings. The molecule has 1 heteroatoms. The monoisotopic (exact) mass is 95.1 g/mol. The van der Waals surface area contributed by atoms with Crippen LogP contribution in [0.2, 0.25) is 0 Å². The van der Waals surface area contributed by atoms with Crippen LogP contribution in [0.15, 0.2) is 5.57 Å². The summed E-state index contributed by atoms with van der Waals surface area (Å²) in [6.07, 6.45) is 2.33. The second-order valence-corrected chi connectivity index (χ2v) is 1.96. The van der Waals surface area contributed by atoms with Crippen molar-refractivity contribution in [3.8, 4) is 0 Å². The van der Waals surface area contributed by atoms with Crippen LogP contribution in [0.5, 0.6) is 0 Å². The molecule has 1 nitrogen and oxygen atoms in total. The van der Waals surface area contributed by atoms with Gasteiger partial charge in [-0.1, -0.05) is 6.92 Å². The summed E-state index contributed by atoms with van der Waals surface area (Å²) < 4.78 is 0. The van der Waals surface area contributed by atoms with Gasteiger partial charge in [0.1, 0.15) is 0 Å². The zero-order valence-corrected chi connectivity index (χ0v) is 4.49. The van der Waals surface area contributed by atoms with Gasteiger partial charge in [0, 0.05) is 0 Å². The molecule has 1 unspecified atom stereocenters. The third kappa shape index (κ3) is 0.726. The lowest BCUT2D eigenvalue weighted by Gasteiger charge is -1.73. The number of hydrogen-bond acceptors (Lipinski definition) is 1. The average Bonchev–Trinajstić information content (AvgIpc) is 2.43. The first-order valence-corrected chi connectivity index (χ1v) is 2.67. The molecule has 0 spiro atoms. The second-order valence-electron chi connectivity index (χ2n) is 1.96. The Kier molecular flexibility index (Phi) is 0.994. The summed E-state index contributed by atoms with van der Waals surface area (Å²) in [7, 11) is 0. The molecular weight excluding hydrogens is 86.1 g/mol. The normalized spacial score (nSPS) is 27.0. The summed E-state index contributed by atoms with van der Waals surface area (Å²) in [5, 5.41) is 6.67. The first-order valence-electron chi connectivity index (χ1n) is 2.67. The van der Waals surface area contributed by atoms with Gasteiger partial charge < -0.3 is 0 Å². The Hall–Kier alpha value is -0.550. The third-order valence-corrected chi connectivity index (χ3v) is 1.45. The zero-order chi connectivity index (χ0) is 5.28. The van der Waals surface area contributed by atoms with Gasteiger partial charge in [-0.3, -0.25) is 5.41 Å². The lowest BCUT2D eigenvalue weighted by molar-refractivity contribution is 0.827. The van der Waals surface area contributed by atoms with E-state index in [0.717, 1.165) is 12.3 Å². The fourth-order valence-electron chi connectivity index (χ4n) is 0.750. The Morgan fingerprint density at radius 2 is 2.71 bits per heavy atom. The van der Waals surface area contributed by atoms with Crippen LogP contribution in [-0.4, -0.2) is 5.87 Å². The second kappa shape index (κ2) is 1.51. The molecule has 1 saturated carbocycles. The fourth-order valence-corrected chi connectivity index (χ4v) is 0.750. The van der Waals surface area contributed by atoms with Crippen molar-refractivity contribution in [1.82, 2.24) is 0 Å². The quantitative estimate of drug-likeness (QED) is 0.478. The van der Waals surface area contributed by atoms with Crippen molar-refractivity contribution in [3.05, 3.63) is 5.57 Å². The van der Waals surface area contributed by atoms with E-state index in [-0.39, 0.29) is 0 Å². The lowest BCUT2D eigenvalue weighted by Crippen LogP contribution is -1.63. The standard InChI is InChI=1S/C6H9N/c1-2-5-3-6(5)4-7/h5,7H,2-3H2,1H3. The van der Waals surface area contributed by atoms with Gasteiger partial charge >= 0.3 is 0 Å². The van der Waals surface area contributed by atoms with Crippen molar-refractivity contribution in [1.29, 1.82) is 5.41 Å². The average molecular weight is 95.1 g/mol. The highest BCUT2D eigenvalue weighted by Crippen LogP contribution is 2.37. The van der Waals surface area contributed by atoms with Crippen molar-refractivity contribution >= 4 is 5.87 Å². The summed E-state index contributed by atoms with van der Waals surface area (Å²) in [6.45, 7) is 2.15. The number of nitrogens with one attached hydrogen (secondary N) is 1. The van der Waals surface area contributed by atoms with Gasteiger partial charge in [0.15, 0.2) is 0 Å². The SMILES string of the molecule is CCC1CC1=C=N. The molecule has 0 amide bonds. The molecule has 0 radical (unpaired) electrons. The van der Waals surface area contributed by atoms with Crippen LogP contribution in [0.25, 0.3) is 0 Å². The van der Waals surface area contributed by atoms with E-state index in [1.807, 2.05) is 0 Å². The van der Waals surface area contributed by atoms with E-state index >= 15 is 0 Å². The van der Waals surface area contributed by atoms with Crippen LogP contribution < -0.4 is 0 Å². The first kappa shape index (κ1) is 4.61. The van der Waals surface area contributed by atoms with Crippen LogP contribution in [-0.2, 0) is 0 Å². The smallest absolute Gasteiger partial charge is 0.00541 e. The van der Waals surface area contributed by atoms with Gasteiger partial charge in [-0.15, -0.1) is 0 Å². The van der Waals surface area contributed by atoms with E-state index in [2.05, 4.69) is 12.8 Å². The molecule has 0 bridgehead atoms. The van der Waals surface area contributed by atoms with Gasteiger partial charge in [-0.2, -0.15) is 0 Å². The van der Waals surface area contributed by atoms with Crippen molar-refractivity contribution < 1.29 is 0 Å². The molecule has 1 aliphatic carbocycles. The van der Waals surface area contributed by atoms with Crippen LogP contribution in [0, 0.1) is 11.3 Å². The lowest BCUT2D eigenvalue weighted by atomic mass is 10.3. The van der Waals surface area contributed by atoms with Crippen molar-refractivity contribution in [2.45, 2.75) is 19.8 Å². The minimum atomic E-state index is 0.734. The molecule has 1 atom stereocenters. The van der Waals surface area contributed by atoms with Crippen molar-refractivity contribution in [3.63, 3.8) is 0 Å². The number of hydrogen-bond donors (Lipinski definition) is 1. The molecule has 38 valence electrons. The third-order valence-electron chi connectivity index (χ3n) is 1.45.